The molecular weight excluding hydrogens is 304 g/mol. The molecule has 0 saturated heterocycles. The smallest absolute Gasteiger partial charge is 0.263 e. The minimum absolute atomic E-state index is 0.121. The number of para-hydroxylation sites is 1. The number of anilines is 1. The van der Waals surface area contributed by atoms with E-state index in [1.54, 1.807) is 24.3 Å². The SMILES string of the molecule is O=S(=O)(Nc1ccccc1)c1cncc(Br)c1. The predicted molar refractivity (Wildman–Crippen MR) is 69.2 cm³/mol. The maximum Gasteiger partial charge on any atom is 0.263 e. The van der Waals surface area contributed by atoms with Gasteiger partial charge in [-0.2, -0.15) is 0 Å². The Balaban J connectivity index is 2.32. The summed E-state index contributed by atoms with van der Waals surface area (Å²) in [6, 6.07) is 10.2. The Kier molecular flexibility index (Phi) is 3.44. The fourth-order valence-corrected chi connectivity index (χ4v) is 2.82. The van der Waals surface area contributed by atoms with Crippen LogP contribution in [0, 0.1) is 0 Å². The molecule has 6 heteroatoms. The molecule has 2 rings (SSSR count). The molecule has 0 aliphatic heterocycles. The highest BCUT2D eigenvalue weighted by Gasteiger charge is 2.14. The van der Waals surface area contributed by atoms with E-state index in [2.05, 4.69) is 25.6 Å². The fraction of sp³-hybridized carbons (Fsp3) is 0. The van der Waals surface area contributed by atoms with Gasteiger partial charge in [-0.15, -0.1) is 0 Å². The van der Waals surface area contributed by atoms with Crippen molar-refractivity contribution >= 4 is 31.6 Å². The molecule has 1 aromatic carbocycles. The van der Waals surface area contributed by atoms with Gasteiger partial charge in [-0.3, -0.25) is 9.71 Å². The summed E-state index contributed by atoms with van der Waals surface area (Å²) < 4.78 is 27.1. The Morgan fingerprint density at radius 2 is 1.82 bits per heavy atom. The molecular formula is C11H9BrN2O2S. The zero-order valence-corrected chi connectivity index (χ0v) is 11.1. The van der Waals surface area contributed by atoms with E-state index < -0.39 is 10.0 Å². The van der Waals surface area contributed by atoms with Gasteiger partial charge in [-0.05, 0) is 34.1 Å². The summed E-state index contributed by atoms with van der Waals surface area (Å²) >= 11 is 3.19. The Hall–Kier alpha value is -1.40. The molecule has 0 radical (unpaired) electrons. The minimum atomic E-state index is -3.58. The molecule has 0 fully saturated rings. The lowest BCUT2D eigenvalue weighted by Crippen LogP contribution is -2.13. The number of nitrogens with one attached hydrogen (secondary N) is 1. The van der Waals surface area contributed by atoms with Gasteiger partial charge in [-0.1, -0.05) is 18.2 Å². The van der Waals surface area contributed by atoms with E-state index in [-0.39, 0.29) is 4.90 Å². The van der Waals surface area contributed by atoms with E-state index in [0.29, 0.717) is 10.2 Å². The molecule has 0 spiro atoms. The Morgan fingerprint density at radius 1 is 1.12 bits per heavy atom. The van der Waals surface area contributed by atoms with Crippen molar-refractivity contribution in [1.29, 1.82) is 0 Å². The van der Waals surface area contributed by atoms with E-state index in [4.69, 9.17) is 0 Å². The van der Waals surface area contributed by atoms with Crippen LogP contribution < -0.4 is 4.72 Å². The van der Waals surface area contributed by atoms with Crippen molar-refractivity contribution in [2.24, 2.45) is 0 Å². The van der Waals surface area contributed by atoms with Crippen LogP contribution in [-0.4, -0.2) is 13.4 Å². The molecule has 0 saturated carbocycles. The number of halogens is 1. The average Bonchev–Trinajstić information content (AvgIpc) is 2.30. The minimum Gasteiger partial charge on any atom is -0.280 e. The van der Waals surface area contributed by atoms with Gasteiger partial charge in [0.15, 0.2) is 0 Å². The number of nitrogens with zero attached hydrogens (tertiary/aromatic N) is 1. The topological polar surface area (TPSA) is 59.1 Å². The summed E-state index contributed by atoms with van der Waals surface area (Å²) in [5, 5.41) is 0. The Morgan fingerprint density at radius 3 is 2.47 bits per heavy atom. The quantitative estimate of drug-likeness (QED) is 0.947. The molecule has 0 unspecified atom stereocenters. The van der Waals surface area contributed by atoms with E-state index in [1.165, 1.54) is 18.5 Å². The van der Waals surface area contributed by atoms with Gasteiger partial charge >= 0.3 is 0 Å². The molecule has 1 aromatic heterocycles. The molecule has 0 amide bonds. The molecule has 1 heterocycles. The third-order valence-electron chi connectivity index (χ3n) is 2.02. The number of pyridine rings is 1. The lowest BCUT2D eigenvalue weighted by atomic mass is 10.3. The molecule has 1 N–H and O–H groups in total. The molecule has 0 aliphatic carbocycles. The first kappa shape index (κ1) is 12.1. The molecule has 0 bridgehead atoms. The van der Waals surface area contributed by atoms with Crippen molar-refractivity contribution in [3.63, 3.8) is 0 Å². The van der Waals surface area contributed by atoms with Crippen LogP contribution in [0.5, 0.6) is 0 Å². The van der Waals surface area contributed by atoms with Crippen molar-refractivity contribution in [3.05, 3.63) is 53.3 Å². The molecule has 0 aliphatic rings. The third-order valence-corrected chi connectivity index (χ3v) is 3.80. The van der Waals surface area contributed by atoms with Crippen LogP contribution in [0.25, 0.3) is 0 Å². The van der Waals surface area contributed by atoms with Crippen molar-refractivity contribution in [2.75, 3.05) is 4.72 Å². The summed E-state index contributed by atoms with van der Waals surface area (Å²) in [5.41, 5.74) is 0.521. The van der Waals surface area contributed by atoms with E-state index >= 15 is 0 Å². The number of hydrogen-bond acceptors (Lipinski definition) is 3. The lowest BCUT2D eigenvalue weighted by Gasteiger charge is -2.07. The second-order valence-electron chi connectivity index (χ2n) is 3.31. The molecule has 17 heavy (non-hydrogen) atoms. The highest BCUT2D eigenvalue weighted by Crippen LogP contribution is 2.17. The number of sulfonamides is 1. The van der Waals surface area contributed by atoms with E-state index in [9.17, 15) is 8.42 Å². The van der Waals surface area contributed by atoms with Gasteiger partial charge in [0.1, 0.15) is 4.90 Å². The predicted octanol–water partition coefficient (Wildman–Crippen LogP) is 2.64. The first-order chi connectivity index (χ1) is 8.08. The zero-order chi connectivity index (χ0) is 12.3. The van der Waals surface area contributed by atoms with Crippen molar-refractivity contribution in [3.8, 4) is 0 Å². The Labute approximate surface area is 108 Å². The van der Waals surface area contributed by atoms with Crippen LogP contribution >= 0.6 is 15.9 Å². The summed E-state index contributed by atoms with van der Waals surface area (Å²) in [7, 11) is -3.58. The van der Waals surface area contributed by atoms with Crippen LogP contribution in [0.1, 0.15) is 0 Å². The third kappa shape index (κ3) is 3.04. The Bertz CT molecular complexity index is 614. The van der Waals surface area contributed by atoms with Gasteiger partial charge in [-0.25, -0.2) is 8.42 Å². The van der Waals surface area contributed by atoms with Crippen molar-refractivity contribution in [1.82, 2.24) is 4.98 Å². The van der Waals surface area contributed by atoms with Gasteiger partial charge in [0, 0.05) is 22.6 Å². The maximum atomic E-state index is 12.0. The van der Waals surface area contributed by atoms with Crippen LogP contribution in [0.3, 0.4) is 0 Å². The first-order valence-electron chi connectivity index (χ1n) is 4.76. The molecule has 4 nitrogen and oxygen atoms in total. The summed E-state index contributed by atoms with van der Waals surface area (Å²) in [5.74, 6) is 0. The summed E-state index contributed by atoms with van der Waals surface area (Å²) in [6.07, 6.45) is 2.83. The van der Waals surface area contributed by atoms with Gasteiger partial charge in [0.25, 0.3) is 10.0 Å². The van der Waals surface area contributed by atoms with Crippen LogP contribution in [-0.2, 0) is 10.0 Å². The zero-order valence-electron chi connectivity index (χ0n) is 8.67. The fourth-order valence-electron chi connectivity index (χ4n) is 1.26. The molecule has 2 aromatic rings. The number of rotatable bonds is 3. The highest BCUT2D eigenvalue weighted by molar-refractivity contribution is 9.10. The number of benzene rings is 1. The van der Waals surface area contributed by atoms with Gasteiger partial charge in [0.05, 0.1) is 0 Å². The number of aromatic nitrogens is 1. The second-order valence-corrected chi connectivity index (χ2v) is 5.91. The van der Waals surface area contributed by atoms with Crippen LogP contribution in [0.15, 0.2) is 58.2 Å². The maximum absolute atomic E-state index is 12.0. The van der Waals surface area contributed by atoms with E-state index in [1.807, 2.05) is 6.07 Å². The van der Waals surface area contributed by atoms with Gasteiger partial charge < -0.3 is 0 Å². The molecule has 88 valence electrons. The van der Waals surface area contributed by atoms with Crippen molar-refractivity contribution < 1.29 is 8.42 Å². The first-order valence-corrected chi connectivity index (χ1v) is 7.04. The van der Waals surface area contributed by atoms with E-state index in [0.717, 1.165) is 0 Å². The normalized spacial score (nSPS) is 11.1. The summed E-state index contributed by atoms with van der Waals surface area (Å²) in [6.45, 7) is 0. The van der Waals surface area contributed by atoms with Crippen LogP contribution in [0.2, 0.25) is 0 Å². The highest BCUT2D eigenvalue weighted by atomic mass is 79.9. The van der Waals surface area contributed by atoms with Crippen LogP contribution in [0.4, 0.5) is 5.69 Å². The monoisotopic (exact) mass is 312 g/mol. The number of hydrogen-bond donors (Lipinski definition) is 1. The second kappa shape index (κ2) is 4.85. The standard InChI is InChI=1S/C11H9BrN2O2S/c12-9-6-11(8-13-7-9)17(15,16)14-10-4-2-1-3-5-10/h1-8,14H. The molecule has 0 atom stereocenters. The summed E-state index contributed by atoms with van der Waals surface area (Å²) in [4.78, 5) is 3.95. The average molecular weight is 313 g/mol. The largest absolute Gasteiger partial charge is 0.280 e. The van der Waals surface area contributed by atoms with Gasteiger partial charge in [0.2, 0.25) is 0 Å². The lowest BCUT2D eigenvalue weighted by molar-refractivity contribution is 0.600. The van der Waals surface area contributed by atoms with Crippen molar-refractivity contribution in [2.45, 2.75) is 4.90 Å².